The van der Waals surface area contributed by atoms with E-state index in [2.05, 4.69) is 15.3 Å². The lowest BCUT2D eigenvalue weighted by Crippen LogP contribution is -2.41. The largest absolute Gasteiger partial charge is 0.399 e. The summed E-state index contributed by atoms with van der Waals surface area (Å²) >= 11 is 0. The number of hydrogen-bond acceptors (Lipinski definition) is 8. The summed E-state index contributed by atoms with van der Waals surface area (Å²) in [5.41, 5.74) is 7.24. The molecular formula is C27H35FN8O3. The molecule has 0 spiro atoms. The number of nitrogens with two attached hydrogens (primary N) is 1. The minimum Gasteiger partial charge on any atom is -0.399 e. The Hall–Kier alpha value is -3.90. The second-order valence-corrected chi connectivity index (χ2v) is 9.49. The number of aliphatic hydroxyl groups is 1. The highest BCUT2D eigenvalue weighted by atomic mass is 19.1. The first-order chi connectivity index (χ1) is 18.8. The predicted octanol–water partition coefficient (Wildman–Crippen LogP) is 1.48. The van der Waals surface area contributed by atoms with Gasteiger partial charge in [0.1, 0.15) is 11.6 Å². The fourth-order valence-electron chi connectivity index (χ4n) is 4.43. The number of nitrogen functional groups attached to an aromatic ring is 1. The zero-order chi connectivity index (χ0) is 27.9. The molecule has 1 aromatic carbocycles. The molecule has 39 heavy (non-hydrogen) atoms. The van der Waals surface area contributed by atoms with E-state index in [1.54, 1.807) is 9.13 Å². The van der Waals surface area contributed by atoms with Crippen molar-refractivity contribution >= 4 is 16.9 Å². The Morgan fingerprint density at radius 2 is 1.74 bits per heavy atom. The number of nitrogens with zero attached hydrogens (tertiary/aromatic N) is 6. The standard InChI is InChI=1S/C27H35FN8O3/c1-3-11-36-26(38)24-25(35(27(36)39)12-9-18-5-7-20(29)8-6-18)33-23(14-22-31-15-19(28)16-32-22)34(24)13-10-30-17-21(37)4-2/h5-8,15-16,21,30,37H,3-4,9-14,17,29H2,1-2H3. The van der Waals surface area contributed by atoms with Crippen LogP contribution in [0.2, 0.25) is 0 Å². The van der Waals surface area contributed by atoms with Crippen molar-refractivity contribution in [1.82, 2.24) is 34.0 Å². The number of hydrogen-bond donors (Lipinski definition) is 3. The van der Waals surface area contributed by atoms with Gasteiger partial charge in [0.25, 0.3) is 5.56 Å². The zero-order valence-electron chi connectivity index (χ0n) is 22.3. The number of aliphatic hydroxyl groups excluding tert-OH is 1. The monoisotopic (exact) mass is 538 g/mol. The van der Waals surface area contributed by atoms with E-state index in [0.717, 1.165) is 18.0 Å². The van der Waals surface area contributed by atoms with Crippen LogP contribution in [0.15, 0.2) is 46.2 Å². The Morgan fingerprint density at radius 1 is 1.03 bits per heavy atom. The summed E-state index contributed by atoms with van der Waals surface area (Å²) in [5, 5.41) is 13.1. The molecule has 12 heteroatoms. The lowest BCUT2D eigenvalue weighted by molar-refractivity contribution is 0.167. The van der Waals surface area contributed by atoms with Gasteiger partial charge in [0, 0.05) is 38.4 Å². The van der Waals surface area contributed by atoms with Gasteiger partial charge in [0.2, 0.25) is 0 Å². The second-order valence-electron chi connectivity index (χ2n) is 9.49. The van der Waals surface area contributed by atoms with Crippen LogP contribution in [0.25, 0.3) is 11.2 Å². The van der Waals surface area contributed by atoms with Crippen molar-refractivity contribution < 1.29 is 9.50 Å². The number of imidazole rings is 1. The van der Waals surface area contributed by atoms with E-state index in [-0.39, 0.29) is 13.0 Å². The third-order valence-corrected chi connectivity index (χ3v) is 6.60. The predicted molar refractivity (Wildman–Crippen MR) is 147 cm³/mol. The number of nitrogens with one attached hydrogen (secondary N) is 1. The van der Waals surface area contributed by atoms with Crippen LogP contribution in [0.4, 0.5) is 10.1 Å². The summed E-state index contributed by atoms with van der Waals surface area (Å²) in [4.78, 5) is 40.0. The molecule has 4 aromatic rings. The Labute approximate surface area is 225 Å². The molecule has 3 aromatic heterocycles. The molecule has 0 bridgehead atoms. The van der Waals surface area contributed by atoms with Crippen LogP contribution in [0.5, 0.6) is 0 Å². The van der Waals surface area contributed by atoms with Crippen molar-refractivity contribution in [2.75, 3.05) is 18.8 Å². The lowest BCUT2D eigenvalue weighted by atomic mass is 10.1. The molecule has 208 valence electrons. The third-order valence-electron chi connectivity index (χ3n) is 6.60. The van der Waals surface area contributed by atoms with Crippen molar-refractivity contribution in [3.63, 3.8) is 0 Å². The lowest BCUT2D eigenvalue weighted by Gasteiger charge is -2.14. The van der Waals surface area contributed by atoms with E-state index < -0.39 is 23.2 Å². The normalized spacial score (nSPS) is 12.3. The number of anilines is 1. The van der Waals surface area contributed by atoms with Crippen molar-refractivity contribution in [3.8, 4) is 0 Å². The average molecular weight is 539 g/mol. The second kappa shape index (κ2) is 12.8. The Balaban J connectivity index is 1.80. The molecule has 0 amide bonds. The number of benzene rings is 1. The number of fused-ring (bicyclic) bond motifs is 1. The van der Waals surface area contributed by atoms with E-state index >= 15 is 0 Å². The molecule has 0 radical (unpaired) electrons. The average Bonchev–Trinajstić information content (AvgIpc) is 3.28. The van der Waals surface area contributed by atoms with Crippen LogP contribution < -0.4 is 22.3 Å². The van der Waals surface area contributed by atoms with Crippen molar-refractivity contribution in [1.29, 1.82) is 0 Å². The highest BCUT2D eigenvalue weighted by Gasteiger charge is 2.22. The maximum Gasteiger partial charge on any atom is 0.332 e. The molecule has 0 aliphatic rings. The van der Waals surface area contributed by atoms with Gasteiger partial charge in [-0.25, -0.2) is 24.1 Å². The molecule has 0 saturated carbocycles. The van der Waals surface area contributed by atoms with E-state index in [1.165, 1.54) is 4.57 Å². The summed E-state index contributed by atoms with van der Waals surface area (Å²) < 4.78 is 18.0. The molecule has 0 fully saturated rings. The topological polar surface area (TPSA) is 146 Å². The van der Waals surface area contributed by atoms with Crippen LogP contribution >= 0.6 is 0 Å². The summed E-state index contributed by atoms with van der Waals surface area (Å²) in [5.74, 6) is 0.276. The number of aryl methyl sites for hydroxylation is 2. The Kier molecular flexibility index (Phi) is 9.20. The Bertz CT molecular complexity index is 1510. The highest BCUT2D eigenvalue weighted by Crippen LogP contribution is 2.16. The summed E-state index contributed by atoms with van der Waals surface area (Å²) in [7, 11) is 0. The molecule has 4 N–H and O–H groups in total. The quantitative estimate of drug-likeness (QED) is 0.171. The smallest absolute Gasteiger partial charge is 0.332 e. The van der Waals surface area contributed by atoms with Crippen LogP contribution in [-0.2, 0) is 32.5 Å². The summed E-state index contributed by atoms with van der Waals surface area (Å²) in [6.07, 6.45) is 3.61. The van der Waals surface area contributed by atoms with Crippen molar-refractivity contribution in [2.24, 2.45) is 0 Å². The minimum absolute atomic E-state index is 0.145. The maximum absolute atomic E-state index is 13.7. The van der Waals surface area contributed by atoms with Gasteiger partial charge < -0.3 is 20.7 Å². The van der Waals surface area contributed by atoms with Gasteiger partial charge >= 0.3 is 5.69 Å². The zero-order valence-corrected chi connectivity index (χ0v) is 22.3. The van der Waals surface area contributed by atoms with Gasteiger partial charge in [-0.05, 0) is 37.0 Å². The van der Waals surface area contributed by atoms with Gasteiger partial charge in [0.05, 0.1) is 24.9 Å². The van der Waals surface area contributed by atoms with Crippen LogP contribution in [0.1, 0.15) is 43.9 Å². The molecule has 1 unspecified atom stereocenters. The molecule has 3 heterocycles. The van der Waals surface area contributed by atoms with E-state index in [0.29, 0.717) is 73.9 Å². The highest BCUT2D eigenvalue weighted by molar-refractivity contribution is 5.71. The fraction of sp³-hybridized carbons (Fsp3) is 0.444. The van der Waals surface area contributed by atoms with Crippen molar-refractivity contribution in [2.45, 2.75) is 65.3 Å². The van der Waals surface area contributed by atoms with Gasteiger partial charge in [0.15, 0.2) is 17.0 Å². The SMILES string of the molecule is CCCn1c(=O)c2c(nc(Cc3ncc(F)cn3)n2CCNCC(O)CC)n(CCc2ccc(N)cc2)c1=O. The number of rotatable bonds is 13. The van der Waals surface area contributed by atoms with Crippen LogP contribution in [0, 0.1) is 5.82 Å². The molecule has 0 aliphatic carbocycles. The van der Waals surface area contributed by atoms with Gasteiger partial charge in [-0.15, -0.1) is 0 Å². The number of aromatic nitrogens is 6. The Morgan fingerprint density at radius 3 is 2.41 bits per heavy atom. The van der Waals surface area contributed by atoms with Gasteiger partial charge in [-0.3, -0.25) is 13.9 Å². The molecule has 1 atom stereocenters. The maximum atomic E-state index is 13.7. The van der Waals surface area contributed by atoms with E-state index in [1.807, 2.05) is 38.1 Å². The molecule has 11 nitrogen and oxygen atoms in total. The molecular weight excluding hydrogens is 503 g/mol. The first-order valence-corrected chi connectivity index (χ1v) is 13.2. The van der Waals surface area contributed by atoms with Crippen molar-refractivity contribution in [3.05, 3.63) is 80.5 Å². The summed E-state index contributed by atoms with van der Waals surface area (Å²) in [6, 6.07) is 7.44. The first-order valence-electron chi connectivity index (χ1n) is 13.2. The van der Waals surface area contributed by atoms with Crippen LogP contribution in [-0.4, -0.2) is 53.0 Å². The van der Waals surface area contributed by atoms with Gasteiger partial charge in [-0.2, -0.15) is 0 Å². The van der Waals surface area contributed by atoms with E-state index in [9.17, 15) is 19.1 Å². The summed E-state index contributed by atoms with van der Waals surface area (Å²) in [6.45, 7) is 5.62. The minimum atomic E-state index is -0.551. The van der Waals surface area contributed by atoms with Crippen LogP contribution in [0.3, 0.4) is 0 Å². The third kappa shape index (κ3) is 6.58. The molecule has 0 aliphatic heterocycles. The first kappa shape index (κ1) is 28.1. The molecule has 0 saturated heterocycles. The molecule has 4 rings (SSSR count). The van der Waals surface area contributed by atoms with Gasteiger partial charge in [-0.1, -0.05) is 26.0 Å². The van der Waals surface area contributed by atoms with E-state index in [4.69, 9.17) is 10.7 Å². The number of halogens is 1. The fourth-order valence-corrected chi connectivity index (χ4v) is 4.43.